The predicted molar refractivity (Wildman–Crippen MR) is 117 cm³/mol. The zero-order valence-electron chi connectivity index (χ0n) is 17.0. The molecule has 0 saturated carbocycles. The number of pyridine rings is 3. The van der Waals surface area contributed by atoms with Gasteiger partial charge < -0.3 is 15.4 Å². The van der Waals surface area contributed by atoms with Crippen LogP contribution in [0.25, 0.3) is 10.9 Å². The van der Waals surface area contributed by atoms with Crippen molar-refractivity contribution in [3.8, 4) is 5.75 Å². The summed E-state index contributed by atoms with van der Waals surface area (Å²) >= 11 is 0. The van der Waals surface area contributed by atoms with Crippen molar-refractivity contribution in [1.29, 1.82) is 5.41 Å². The van der Waals surface area contributed by atoms with Gasteiger partial charge in [-0.15, -0.1) is 10.8 Å². The van der Waals surface area contributed by atoms with Crippen molar-refractivity contribution < 1.29 is 18.2 Å². The summed E-state index contributed by atoms with van der Waals surface area (Å²) in [5.74, 6) is 0.264. The molecule has 4 heterocycles. The van der Waals surface area contributed by atoms with Gasteiger partial charge in [-0.25, -0.2) is 23.6 Å². The zero-order chi connectivity index (χ0) is 22.4. The first-order valence-corrected chi connectivity index (χ1v) is 10.9. The van der Waals surface area contributed by atoms with Crippen molar-refractivity contribution in [1.82, 2.24) is 24.6 Å². The maximum Gasteiger partial charge on any atom is 0.210 e. The van der Waals surface area contributed by atoms with Gasteiger partial charge in [0.15, 0.2) is 5.82 Å². The van der Waals surface area contributed by atoms with E-state index in [1.54, 1.807) is 32.5 Å². The maximum atomic E-state index is 14.7. The van der Waals surface area contributed by atoms with Crippen molar-refractivity contribution in [2.45, 2.75) is 12.5 Å². The van der Waals surface area contributed by atoms with Crippen LogP contribution >= 0.6 is 10.8 Å². The van der Waals surface area contributed by atoms with Crippen LogP contribution in [0.3, 0.4) is 0 Å². The number of guanidine groups is 1. The summed E-state index contributed by atoms with van der Waals surface area (Å²) in [4.78, 5) is 12.8. The molecule has 5 N–H and O–H groups in total. The average Bonchev–Trinajstić information content (AvgIpc) is 2.72. The molecule has 1 atom stereocenters. The lowest BCUT2D eigenvalue weighted by Crippen LogP contribution is -2.59. The SMILES string of the molecule is COc1cnc2c(Nc3cc([C@]4(C)CS(O)(O)N(C)C(=N)N4)c(F)cn3)nccc2c1. The molecule has 0 spiro atoms. The molecule has 1 aliphatic heterocycles. The molecule has 10 nitrogen and oxygen atoms in total. The minimum absolute atomic E-state index is 0.137. The van der Waals surface area contributed by atoms with Crippen molar-refractivity contribution in [3.63, 3.8) is 0 Å². The molecule has 0 bridgehead atoms. The summed E-state index contributed by atoms with van der Waals surface area (Å²) in [5.41, 5.74) is -0.516. The molecular weight excluding hydrogens is 425 g/mol. The Morgan fingerprint density at radius 2 is 2.06 bits per heavy atom. The van der Waals surface area contributed by atoms with Crippen LogP contribution in [0.4, 0.5) is 16.0 Å². The van der Waals surface area contributed by atoms with Crippen molar-refractivity contribution in [2.75, 3.05) is 25.2 Å². The van der Waals surface area contributed by atoms with Gasteiger partial charge in [0.2, 0.25) is 5.96 Å². The van der Waals surface area contributed by atoms with E-state index in [-0.39, 0.29) is 17.3 Å². The summed E-state index contributed by atoms with van der Waals surface area (Å²) in [6, 6.07) is 5.07. The highest BCUT2D eigenvalue weighted by molar-refractivity contribution is 8.22. The van der Waals surface area contributed by atoms with E-state index < -0.39 is 22.1 Å². The van der Waals surface area contributed by atoms with Gasteiger partial charge in [-0.2, -0.15) is 0 Å². The fourth-order valence-electron chi connectivity index (χ4n) is 3.45. The Morgan fingerprint density at radius 1 is 1.29 bits per heavy atom. The van der Waals surface area contributed by atoms with Gasteiger partial charge in [-0.1, -0.05) is 0 Å². The van der Waals surface area contributed by atoms with E-state index in [1.807, 2.05) is 6.07 Å². The monoisotopic (exact) mass is 447 g/mol. The topological polar surface area (TPSA) is 140 Å². The van der Waals surface area contributed by atoms with E-state index in [0.29, 0.717) is 22.9 Å². The Hall–Kier alpha value is -3.22. The number of anilines is 2. The molecule has 0 unspecified atom stereocenters. The van der Waals surface area contributed by atoms with Crippen LogP contribution in [0.1, 0.15) is 12.5 Å². The maximum absolute atomic E-state index is 14.7. The molecule has 1 saturated heterocycles. The first kappa shape index (κ1) is 21.0. The quantitative estimate of drug-likeness (QED) is 0.408. The van der Waals surface area contributed by atoms with Crippen LogP contribution in [0.15, 0.2) is 36.8 Å². The molecule has 0 aromatic carbocycles. The Balaban J connectivity index is 1.71. The third-order valence-corrected chi connectivity index (χ3v) is 7.16. The number of methoxy groups -OCH3 is 1. The van der Waals surface area contributed by atoms with Gasteiger partial charge in [-0.05, 0) is 25.1 Å². The lowest BCUT2D eigenvalue weighted by molar-refractivity contribution is 0.355. The highest BCUT2D eigenvalue weighted by Crippen LogP contribution is 2.50. The van der Waals surface area contributed by atoms with Gasteiger partial charge in [-0.3, -0.25) is 14.5 Å². The normalized spacial score (nSPS) is 21.5. The number of ether oxygens (including phenoxy) is 1. The van der Waals surface area contributed by atoms with Gasteiger partial charge in [0.25, 0.3) is 0 Å². The van der Waals surface area contributed by atoms with Crippen molar-refractivity contribution in [3.05, 3.63) is 48.2 Å². The second-order valence-corrected chi connectivity index (χ2v) is 9.46. The summed E-state index contributed by atoms with van der Waals surface area (Å²) in [6.07, 6.45) is 4.21. The molecule has 0 radical (unpaired) electrons. The number of nitrogens with one attached hydrogen (secondary N) is 3. The molecule has 0 amide bonds. The number of nitrogens with zero attached hydrogens (tertiary/aromatic N) is 4. The Morgan fingerprint density at radius 3 is 2.77 bits per heavy atom. The Kier molecular flexibility index (Phi) is 5.07. The summed E-state index contributed by atoms with van der Waals surface area (Å²) in [7, 11) is -0.333. The van der Waals surface area contributed by atoms with Crippen LogP contribution in [-0.4, -0.2) is 54.2 Å². The van der Waals surface area contributed by atoms with Crippen molar-refractivity contribution in [2.24, 2.45) is 0 Å². The zero-order valence-corrected chi connectivity index (χ0v) is 17.9. The van der Waals surface area contributed by atoms with Gasteiger partial charge in [0.05, 0.1) is 30.8 Å². The lowest BCUT2D eigenvalue weighted by atomic mass is 9.94. The number of hydrogen-bond acceptors (Lipinski definition) is 8. The van der Waals surface area contributed by atoms with Gasteiger partial charge in [0, 0.05) is 24.2 Å². The lowest BCUT2D eigenvalue weighted by Gasteiger charge is -2.52. The van der Waals surface area contributed by atoms with Gasteiger partial charge in [0.1, 0.15) is 22.9 Å². The standard InChI is InChI=1S/C19H22FN7O3S/c1-19(10-31(28,29)27(2)18(21)26-19)13-7-15(23-9-14(13)20)25-17-16-11(4-5-22-17)6-12(30-3)8-24-16/h4-9,28-29H,10H2,1-3H3,(H2,21,26)(H,22,23,25)/t19-/m0/s1. The molecule has 31 heavy (non-hydrogen) atoms. The predicted octanol–water partition coefficient (Wildman–Crippen LogP) is 3.27. The number of aromatic nitrogens is 3. The van der Waals surface area contributed by atoms with Crippen LogP contribution in [-0.2, 0) is 5.54 Å². The summed E-state index contributed by atoms with van der Waals surface area (Å²) in [5, 5.41) is 14.7. The van der Waals surface area contributed by atoms with E-state index in [9.17, 15) is 13.5 Å². The first-order chi connectivity index (χ1) is 14.6. The Labute approximate surface area is 179 Å². The average molecular weight is 447 g/mol. The molecule has 164 valence electrons. The van der Waals surface area contributed by atoms with E-state index in [1.165, 1.54) is 13.1 Å². The van der Waals surface area contributed by atoms with Crippen LogP contribution in [0, 0.1) is 11.2 Å². The second-order valence-electron chi connectivity index (χ2n) is 7.36. The fraction of sp³-hybridized carbons (Fsp3) is 0.263. The van der Waals surface area contributed by atoms with E-state index in [2.05, 4.69) is 25.6 Å². The Bertz CT molecular complexity index is 1180. The molecule has 3 aromatic heterocycles. The third-order valence-electron chi connectivity index (χ3n) is 5.14. The van der Waals surface area contributed by atoms with E-state index in [4.69, 9.17) is 10.1 Å². The van der Waals surface area contributed by atoms with Crippen LogP contribution in [0.5, 0.6) is 5.75 Å². The molecule has 4 rings (SSSR count). The molecular formula is C19H22FN7O3S. The summed E-state index contributed by atoms with van der Waals surface area (Å²) in [6.45, 7) is 1.61. The number of halogens is 1. The van der Waals surface area contributed by atoms with Crippen LogP contribution < -0.4 is 15.4 Å². The van der Waals surface area contributed by atoms with Gasteiger partial charge >= 0.3 is 0 Å². The highest BCUT2D eigenvalue weighted by atomic mass is 32.3. The molecule has 1 fully saturated rings. The number of hydrogen-bond donors (Lipinski definition) is 5. The number of fused-ring (bicyclic) bond motifs is 1. The molecule has 12 heteroatoms. The molecule has 1 aliphatic rings. The van der Waals surface area contributed by atoms with Crippen LogP contribution in [0.2, 0.25) is 0 Å². The van der Waals surface area contributed by atoms with E-state index >= 15 is 0 Å². The molecule has 3 aromatic rings. The summed E-state index contributed by atoms with van der Waals surface area (Å²) < 4.78 is 41.7. The fourth-order valence-corrected chi connectivity index (χ4v) is 4.98. The first-order valence-electron chi connectivity index (χ1n) is 9.21. The van der Waals surface area contributed by atoms with Crippen molar-refractivity contribution >= 4 is 39.3 Å². The largest absolute Gasteiger partial charge is 0.495 e. The third kappa shape index (κ3) is 3.80. The minimum Gasteiger partial charge on any atom is -0.495 e. The highest BCUT2D eigenvalue weighted by Gasteiger charge is 2.43. The number of rotatable bonds is 4. The van der Waals surface area contributed by atoms with E-state index in [0.717, 1.165) is 15.9 Å². The molecule has 0 aliphatic carbocycles. The smallest absolute Gasteiger partial charge is 0.210 e. The second kappa shape index (κ2) is 7.48. The minimum atomic E-state index is -3.29.